The number of nitrogens with one attached hydrogen (secondary N) is 1. The number of hydrogen-bond acceptors (Lipinski definition) is 2. The van der Waals surface area contributed by atoms with Crippen LogP contribution in [-0.2, 0) is 4.79 Å². The summed E-state index contributed by atoms with van der Waals surface area (Å²) in [7, 11) is 0. The maximum atomic E-state index is 12.1. The van der Waals surface area contributed by atoms with Crippen molar-refractivity contribution in [3.63, 3.8) is 0 Å². The van der Waals surface area contributed by atoms with Crippen molar-refractivity contribution in [3.05, 3.63) is 68.3 Å². The van der Waals surface area contributed by atoms with Crippen LogP contribution in [0.5, 0.6) is 0 Å². The molecule has 0 bridgehead atoms. The summed E-state index contributed by atoms with van der Waals surface area (Å²) in [6.45, 7) is 0. The first-order chi connectivity index (χ1) is 10.1. The molecule has 0 atom stereocenters. The van der Waals surface area contributed by atoms with Crippen molar-refractivity contribution in [3.8, 4) is 6.07 Å². The standard InChI is InChI=1S/C16H10ClIN2O/c17-13-2-1-3-15(9-13)20-16(21)12(10-19)8-11-4-6-14(18)7-5-11/h1-9H,(H,20,21)/b12-8+. The highest BCUT2D eigenvalue weighted by molar-refractivity contribution is 14.1. The predicted octanol–water partition coefficient (Wildman–Crippen LogP) is 4.49. The Kier molecular flexibility index (Phi) is 5.37. The van der Waals surface area contributed by atoms with Gasteiger partial charge in [0.15, 0.2) is 0 Å². The first-order valence-corrected chi connectivity index (χ1v) is 7.48. The lowest BCUT2D eigenvalue weighted by Gasteiger charge is -2.04. The van der Waals surface area contributed by atoms with Crippen molar-refractivity contribution in [2.45, 2.75) is 0 Å². The van der Waals surface area contributed by atoms with Gasteiger partial charge in [0.2, 0.25) is 0 Å². The lowest BCUT2D eigenvalue weighted by atomic mass is 10.1. The van der Waals surface area contributed by atoms with Crippen molar-refractivity contribution in [2.24, 2.45) is 0 Å². The molecule has 0 saturated heterocycles. The fourth-order valence-electron chi connectivity index (χ4n) is 1.64. The van der Waals surface area contributed by atoms with Crippen LogP contribution in [0, 0.1) is 14.9 Å². The van der Waals surface area contributed by atoms with Gasteiger partial charge in [0.05, 0.1) is 0 Å². The van der Waals surface area contributed by atoms with Gasteiger partial charge in [0.1, 0.15) is 11.6 Å². The largest absolute Gasteiger partial charge is 0.321 e. The van der Waals surface area contributed by atoms with E-state index in [2.05, 4.69) is 27.9 Å². The summed E-state index contributed by atoms with van der Waals surface area (Å²) < 4.78 is 1.09. The fourth-order valence-corrected chi connectivity index (χ4v) is 2.19. The highest BCUT2D eigenvalue weighted by atomic mass is 127. The van der Waals surface area contributed by atoms with Crippen LogP contribution in [0.4, 0.5) is 5.69 Å². The molecule has 0 aliphatic carbocycles. The fraction of sp³-hybridized carbons (Fsp3) is 0. The summed E-state index contributed by atoms with van der Waals surface area (Å²) in [5.41, 5.74) is 1.39. The number of hydrogen-bond donors (Lipinski definition) is 1. The van der Waals surface area contributed by atoms with Crippen molar-refractivity contribution in [1.29, 1.82) is 5.26 Å². The monoisotopic (exact) mass is 408 g/mol. The first-order valence-electron chi connectivity index (χ1n) is 6.03. The Bertz CT molecular complexity index is 733. The zero-order chi connectivity index (χ0) is 15.2. The molecular weight excluding hydrogens is 399 g/mol. The lowest BCUT2D eigenvalue weighted by Crippen LogP contribution is -2.13. The number of nitrogens with zero attached hydrogens (tertiary/aromatic N) is 1. The van der Waals surface area contributed by atoms with E-state index in [-0.39, 0.29) is 5.57 Å². The molecule has 2 aromatic carbocycles. The van der Waals surface area contributed by atoms with E-state index < -0.39 is 5.91 Å². The van der Waals surface area contributed by atoms with E-state index in [1.165, 1.54) is 0 Å². The molecule has 0 fully saturated rings. The van der Waals surface area contributed by atoms with E-state index in [0.717, 1.165) is 9.13 Å². The Balaban J connectivity index is 2.19. The van der Waals surface area contributed by atoms with Gasteiger partial charge in [-0.05, 0) is 64.6 Å². The molecule has 0 unspecified atom stereocenters. The molecule has 1 amide bonds. The van der Waals surface area contributed by atoms with Crippen molar-refractivity contribution in [1.82, 2.24) is 0 Å². The van der Waals surface area contributed by atoms with Crippen molar-refractivity contribution in [2.75, 3.05) is 5.32 Å². The number of anilines is 1. The van der Waals surface area contributed by atoms with Crippen LogP contribution in [0.25, 0.3) is 6.08 Å². The molecule has 2 aromatic rings. The van der Waals surface area contributed by atoms with Crippen molar-refractivity contribution >= 4 is 51.9 Å². The van der Waals surface area contributed by atoms with Gasteiger partial charge in [-0.3, -0.25) is 4.79 Å². The normalized spacial score (nSPS) is 10.8. The van der Waals surface area contributed by atoms with Gasteiger partial charge in [0.25, 0.3) is 5.91 Å². The minimum atomic E-state index is -0.460. The summed E-state index contributed by atoms with van der Waals surface area (Å²) in [6, 6.07) is 16.2. The molecule has 3 nitrogen and oxygen atoms in total. The average molecular weight is 409 g/mol. The molecule has 0 aliphatic heterocycles. The van der Waals surface area contributed by atoms with E-state index >= 15 is 0 Å². The highest BCUT2D eigenvalue weighted by Crippen LogP contribution is 2.16. The molecule has 0 saturated carbocycles. The number of rotatable bonds is 3. The molecular formula is C16H10ClIN2O. The Morgan fingerprint density at radius 2 is 1.95 bits per heavy atom. The average Bonchev–Trinajstić information content (AvgIpc) is 2.46. The summed E-state index contributed by atoms with van der Waals surface area (Å²) >= 11 is 8.05. The Hall–Kier alpha value is -1.84. The summed E-state index contributed by atoms with van der Waals surface area (Å²) in [6.07, 6.45) is 1.55. The van der Waals surface area contributed by atoms with E-state index in [1.54, 1.807) is 30.3 Å². The molecule has 5 heteroatoms. The van der Waals surface area contributed by atoms with Crippen LogP contribution in [0.15, 0.2) is 54.1 Å². The summed E-state index contributed by atoms with van der Waals surface area (Å²) in [5, 5.41) is 12.3. The number of carbonyl (C=O) groups excluding carboxylic acids is 1. The minimum absolute atomic E-state index is 0.0381. The SMILES string of the molecule is N#C/C(=C\c1ccc(I)cc1)C(=O)Nc1cccc(Cl)c1. The molecule has 0 aromatic heterocycles. The second-order valence-corrected chi connectivity index (χ2v) is 5.87. The molecule has 104 valence electrons. The maximum absolute atomic E-state index is 12.1. The van der Waals surface area contributed by atoms with Crippen molar-refractivity contribution < 1.29 is 4.79 Å². The summed E-state index contributed by atoms with van der Waals surface area (Å²) in [4.78, 5) is 12.1. The number of halogens is 2. The smallest absolute Gasteiger partial charge is 0.266 e. The van der Waals surface area contributed by atoms with Crippen LogP contribution in [0.2, 0.25) is 5.02 Å². The number of amides is 1. The highest BCUT2D eigenvalue weighted by Gasteiger charge is 2.09. The van der Waals surface area contributed by atoms with Crippen LogP contribution < -0.4 is 5.32 Å². The lowest BCUT2D eigenvalue weighted by molar-refractivity contribution is -0.112. The number of nitriles is 1. The quantitative estimate of drug-likeness (QED) is 0.462. The van der Waals surface area contributed by atoms with Crippen LogP contribution in [-0.4, -0.2) is 5.91 Å². The first kappa shape index (κ1) is 15.5. The number of benzene rings is 2. The van der Waals surface area contributed by atoms with Gasteiger partial charge in [0, 0.05) is 14.3 Å². The molecule has 0 heterocycles. The topological polar surface area (TPSA) is 52.9 Å². The third-order valence-electron chi connectivity index (χ3n) is 2.63. The third kappa shape index (κ3) is 4.59. The van der Waals surface area contributed by atoms with E-state index in [9.17, 15) is 4.79 Å². The van der Waals surface area contributed by atoms with Crippen LogP contribution >= 0.6 is 34.2 Å². The second-order valence-electron chi connectivity index (χ2n) is 4.19. The van der Waals surface area contributed by atoms with Gasteiger partial charge in [-0.2, -0.15) is 5.26 Å². The maximum Gasteiger partial charge on any atom is 0.266 e. The Labute approximate surface area is 141 Å². The van der Waals surface area contributed by atoms with Gasteiger partial charge < -0.3 is 5.32 Å². The molecule has 0 spiro atoms. The molecule has 0 radical (unpaired) electrons. The summed E-state index contributed by atoms with van der Waals surface area (Å²) in [5.74, 6) is -0.460. The Morgan fingerprint density at radius 1 is 1.24 bits per heavy atom. The third-order valence-corrected chi connectivity index (χ3v) is 3.58. The van der Waals surface area contributed by atoms with Gasteiger partial charge in [-0.25, -0.2) is 0 Å². The second kappa shape index (κ2) is 7.25. The number of carbonyl (C=O) groups is 1. The molecule has 0 aliphatic rings. The van der Waals surface area contributed by atoms with Crippen LogP contribution in [0.1, 0.15) is 5.56 Å². The van der Waals surface area contributed by atoms with Crippen LogP contribution in [0.3, 0.4) is 0 Å². The van der Waals surface area contributed by atoms with Gasteiger partial charge in [-0.15, -0.1) is 0 Å². The predicted molar refractivity (Wildman–Crippen MR) is 92.8 cm³/mol. The van der Waals surface area contributed by atoms with E-state index in [4.69, 9.17) is 16.9 Å². The zero-order valence-corrected chi connectivity index (χ0v) is 13.7. The Morgan fingerprint density at radius 3 is 2.57 bits per heavy atom. The molecule has 1 N–H and O–H groups in total. The molecule has 21 heavy (non-hydrogen) atoms. The minimum Gasteiger partial charge on any atom is -0.321 e. The van der Waals surface area contributed by atoms with E-state index in [0.29, 0.717) is 10.7 Å². The zero-order valence-electron chi connectivity index (χ0n) is 10.8. The van der Waals surface area contributed by atoms with E-state index in [1.807, 2.05) is 30.3 Å². The van der Waals surface area contributed by atoms with Gasteiger partial charge in [-0.1, -0.05) is 29.8 Å². The van der Waals surface area contributed by atoms with Gasteiger partial charge >= 0.3 is 0 Å². The molecule has 2 rings (SSSR count).